The molecule has 0 unspecified atom stereocenters. The van der Waals surface area contributed by atoms with E-state index in [9.17, 15) is 14.4 Å². The van der Waals surface area contributed by atoms with Crippen LogP contribution in [0, 0.1) is 11.8 Å². The molecule has 2 aliphatic rings. The number of nitrogens with zero attached hydrogens (tertiary/aromatic N) is 3. The quantitative estimate of drug-likeness (QED) is 0.338. The summed E-state index contributed by atoms with van der Waals surface area (Å²) in [4.78, 5) is 38.0. The van der Waals surface area contributed by atoms with Gasteiger partial charge < -0.3 is 5.32 Å². The Morgan fingerprint density at radius 1 is 1.32 bits per heavy atom. The van der Waals surface area contributed by atoms with Crippen molar-refractivity contribution in [3.8, 4) is 0 Å². The third-order valence-corrected chi connectivity index (χ3v) is 6.11. The number of rotatable bonds is 7. The van der Waals surface area contributed by atoms with Crippen LogP contribution in [0.15, 0.2) is 29.1 Å². The van der Waals surface area contributed by atoms with Crippen LogP contribution in [0.5, 0.6) is 0 Å². The number of thioether (sulfide) groups is 1. The van der Waals surface area contributed by atoms with E-state index in [0.717, 1.165) is 10.1 Å². The molecule has 132 valence electrons. The molecule has 0 saturated carbocycles. The van der Waals surface area contributed by atoms with Crippen molar-refractivity contribution in [3.05, 3.63) is 24.8 Å². The van der Waals surface area contributed by atoms with Crippen LogP contribution in [0.3, 0.4) is 0 Å². The summed E-state index contributed by atoms with van der Waals surface area (Å²) < 4.78 is 0.747. The highest BCUT2D eigenvalue weighted by molar-refractivity contribution is 8.01. The van der Waals surface area contributed by atoms with Crippen LogP contribution < -0.4 is 5.32 Å². The molecule has 9 heteroatoms. The number of carbonyl (C=O) groups is 3. The minimum atomic E-state index is -0.287. The monoisotopic (exact) mass is 378 g/mol. The second kappa shape index (κ2) is 7.92. The van der Waals surface area contributed by atoms with Gasteiger partial charge in [-0.25, -0.2) is 0 Å². The molecule has 0 bridgehead atoms. The number of aromatic nitrogens is 2. The number of amides is 3. The van der Waals surface area contributed by atoms with Crippen molar-refractivity contribution in [3.63, 3.8) is 0 Å². The van der Waals surface area contributed by atoms with Gasteiger partial charge in [-0.05, 0) is 12.8 Å². The molecule has 1 saturated heterocycles. The van der Waals surface area contributed by atoms with Gasteiger partial charge in [-0.2, -0.15) is 0 Å². The number of hydrogen-bond acceptors (Lipinski definition) is 7. The number of imide groups is 1. The van der Waals surface area contributed by atoms with E-state index >= 15 is 0 Å². The lowest BCUT2D eigenvalue weighted by Crippen LogP contribution is -2.34. The Bertz CT molecular complexity index is 705. The van der Waals surface area contributed by atoms with E-state index in [1.807, 2.05) is 12.2 Å². The fourth-order valence-electron chi connectivity index (χ4n) is 2.93. The molecule has 1 aromatic rings. The van der Waals surface area contributed by atoms with Crippen molar-refractivity contribution < 1.29 is 14.4 Å². The van der Waals surface area contributed by atoms with E-state index in [2.05, 4.69) is 22.1 Å². The Hall–Kier alpha value is -2.00. The number of allylic oxidation sites excluding steroid dienone is 2. The molecule has 1 N–H and O–H groups in total. The first-order valence-electron chi connectivity index (χ1n) is 7.97. The lowest BCUT2D eigenvalue weighted by Gasteiger charge is -2.14. The van der Waals surface area contributed by atoms with Crippen LogP contribution in [-0.4, -0.2) is 45.1 Å². The number of likely N-dealkylation sites (tertiary alicyclic amines) is 1. The number of nitrogens with one attached hydrogen (secondary N) is 1. The van der Waals surface area contributed by atoms with Gasteiger partial charge in [0.2, 0.25) is 22.9 Å². The summed E-state index contributed by atoms with van der Waals surface area (Å²) in [5, 5.41) is 10.9. The molecule has 1 aliphatic heterocycles. The molecule has 0 radical (unpaired) electrons. The Kier molecular flexibility index (Phi) is 5.64. The van der Waals surface area contributed by atoms with Gasteiger partial charge in [-0.1, -0.05) is 41.3 Å². The largest absolute Gasteiger partial charge is 0.300 e. The van der Waals surface area contributed by atoms with Crippen LogP contribution in [0.25, 0.3) is 0 Å². The van der Waals surface area contributed by atoms with E-state index in [-0.39, 0.29) is 42.5 Å². The summed E-state index contributed by atoms with van der Waals surface area (Å²) in [6, 6.07) is 0. The fourth-order valence-corrected chi connectivity index (χ4v) is 4.46. The summed E-state index contributed by atoms with van der Waals surface area (Å²) in [7, 11) is 0. The van der Waals surface area contributed by atoms with Gasteiger partial charge in [0.05, 0.1) is 11.8 Å². The average molecular weight is 378 g/mol. The lowest BCUT2D eigenvalue weighted by molar-refractivity contribution is -0.140. The molecular weight excluding hydrogens is 360 g/mol. The third kappa shape index (κ3) is 3.98. The first-order chi connectivity index (χ1) is 12.1. The number of carbonyl (C=O) groups excluding carboxylic acids is 3. The molecule has 25 heavy (non-hydrogen) atoms. The molecule has 7 nitrogen and oxygen atoms in total. The van der Waals surface area contributed by atoms with E-state index in [1.165, 1.54) is 28.0 Å². The molecule has 2 heterocycles. The van der Waals surface area contributed by atoms with Gasteiger partial charge in [0, 0.05) is 18.7 Å². The van der Waals surface area contributed by atoms with Gasteiger partial charge in [-0.15, -0.1) is 16.8 Å². The van der Waals surface area contributed by atoms with E-state index in [4.69, 9.17) is 0 Å². The van der Waals surface area contributed by atoms with Crippen molar-refractivity contribution in [2.75, 3.05) is 17.6 Å². The summed E-state index contributed by atoms with van der Waals surface area (Å²) in [5.74, 6) is -0.400. The first kappa shape index (κ1) is 17.8. The first-order valence-corrected chi connectivity index (χ1v) is 9.77. The van der Waals surface area contributed by atoms with Crippen LogP contribution in [0.1, 0.15) is 19.3 Å². The zero-order valence-corrected chi connectivity index (χ0v) is 15.1. The second-order valence-corrected chi connectivity index (χ2v) is 8.00. The van der Waals surface area contributed by atoms with E-state index < -0.39 is 0 Å². The SMILES string of the molecule is C=CCSc1nnc(NC(=O)CCN2C(=O)[C@@H]3CC=CC[C@H]3C2=O)s1. The maximum Gasteiger partial charge on any atom is 0.233 e. The standard InChI is InChI=1S/C16H18N4O3S2/c1-2-9-24-16-19-18-15(25-16)17-12(21)7-8-20-13(22)10-5-3-4-6-11(10)14(20)23/h2-4,10-11H,1,5-9H2,(H,17,18,21)/t10-,11-/m1/s1. The third-order valence-electron chi connectivity index (χ3n) is 4.14. The smallest absolute Gasteiger partial charge is 0.233 e. The predicted molar refractivity (Wildman–Crippen MR) is 96.2 cm³/mol. The van der Waals surface area contributed by atoms with Gasteiger partial charge >= 0.3 is 0 Å². The molecule has 2 atom stereocenters. The van der Waals surface area contributed by atoms with Crippen molar-refractivity contribution in [1.29, 1.82) is 0 Å². The molecule has 1 fully saturated rings. The van der Waals surface area contributed by atoms with E-state index in [1.54, 1.807) is 6.08 Å². The molecule has 3 amide bonds. The molecular formula is C16H18N4O3S2. The molecule has 1 aromatic heterocycles. The summed E-state index contributed by atoms with van der Waals surface area (Å²) in [6.07, 6.45) is 6.92. The summed E-state index contributed by atoms with van der Waals surface area (Å²) in [5.41, 5.74) is 0. The number of hydrogen-bond donors (Lipinski definition) is 1. The maximum absolute atomic E-state index is 12.3. The molecule has 0 aromatic carbocycles. The van der Waals surface area contributed by atoms with E-state index in [0.29, 0.717) is 18.0 Å². The molecule has 0 spiro atoms. The Labute approximate surface area is 153 Å². The Balaban J connectivity index is 1.50. The zero-order chi connectivity index (χ0) is 17.8. The molecule has 1 aliphatic carbocycles. The Morgan fingerprint density at radius 3 is 2.64 bits per heavy atom. The fraction of sp³-hybridized carbons (Fsp3) is 0.438. The van der Waals surface area contributed by atoms with Crippen molar-refractivity contribution in [1.82, 2.24) is 15.1 Å². The number of fused-ring (bicyclic) bond motifs is 1. The zero-order valence-electron chi connectivity index (χ0n) is 13.5. The maximum atomic E-state index is 12.3. The topological polar surface area (TPSA) is 92.3 Å². The predicted octanol–water partition coefficient (Wildman–Crippen LogP) is 2.10. The summed E-state index contributed by atoms with van der Waals surface area (Å²) in [6.45, 7) is 3.74. The van der Waals surface area contributed by atoms with Gasteiger partial charge in [0.15, 0.2) is 4.34 Å². The highest BCUT2D eigenvalue weighted by Crippen LogP contribution is 2.35. The highest BCUT2D eigenvalue weighted by atomic mass is 32.2. The normalized spacial score (nSPS) is 22.2. The van der Waals surface area contributed by atoms with Crippen LogP contribution in [0.2, 0.25) is 0 Å². The van der Waals surface area contributed by atoms with Crippen LogP contribution in [-0.2, 0) is 14.4 Å². The van der Waals surface area contributed by atoms with Crippen LogP contribution >= 0.6 is 23.1 Å². The van der Waals surface area contributed by atoms with Gasteiger partial charge in [0.1, 0.15) is 0 Å². The summed E-state index contributed by atoms with van der Waals surface area (Å²) >= 11 is 2.77. The minimum absolute atomic E-state index is 0.0546. The minimum Gasteiger partial charge on any atom is -0.300 e. The van der Waals surface area contributed by atoms with Crippen molar-refractivity contribution in [2.45, 2.75) is 23.6 Å². The molecule has 3 rings (SSSR count). The van der Waals surface area contributed by atoms with Crippen molar-refractivity contribution >= 4 is 46.0 Å². The average Bonchev–Trinajstić information content (AvgIpc) is 3.15. The Morgan fingerprint density at radius 2 is 2.00 bits per heavy atom. The van der Waals surface area contributed by atoms with Crippen molar-refractivity contribution in [2.24, 2.45) is 11.8 Å². The second-order valence-electron chi connectivity index (χ2n) is 5.75. The van der Waals surface area contributed by atoms with Gasteiger partial charge in [-0.3, -0.25) is 19.3 Å². The van der Waals surface area contributed by atoms with Gasteiger partial charge in [0.25, 0.3) is 0 Å². The van der Waals surface area contributed by atoms with Crippen LogP contribution in [0.4, 0.5) is 5.13 Å². The number of anilines is 1. The lowest BCUT2D eigenvalue weighted by atomic mass is 9.85. The highest BCUT2D eigenvalue weighted by Gasteiger charge is 2.46.